The van der Waals surface area contributed by atoms with Gasteiger partial charge in [-0.05, 0) is 53.3 Å². The first-order chi connectivity index (χ1) is 20.1. The van der Waals surface area contributed by atoms with Gasteiger partial charge in [0.25, 0.3) is 0 Å². The van der Waals surface area contributed by atoms with Gasteiger partial charge in [0.2, 0.25) is 0 Å². The van der Waals surface area contributed by atoms with Crippen LogP contribution in [0.2, 0.25) is 0 Å². The van der Waals surface area contributed by atoms with Crippen molar-refractivity contribution in [1.82, 2.24) is 15.3 Å². The summed E-state index contributed by atoms with van der Waals surface area (Å²) < 4.78 is 19.9. The molecular weight excluding hydrogens is 521 g/mol. The summed E-state index contributed by atoms with van der Waals surface area (Å²) in [6, 6.07) is 38.9. The number of ether oxygens (including phenoxy) is 1. The minimum Gasteiger partial charge on any atom is -0.375 e. The van der Waals surface area contributed by atoms with E-state index in [2.05, 4.69) is 107 Å². The molecule has 0 fully saturated rings. The molecule has 0 amide bonds. The highest BCUT2D eigenvalue weighted by molar-refractivity contribution is 5.34. The van der Waals surface area contributed by atoms with Gasteiger partial charge >= 0.3 is 0 Å². The standard InChI is InChI=1S/C36H40FN3O.CH4/c1-28-34(24-30-18-20-33(37)21-19-30)36(35(41-2)25-29-12-6-3-7-13-29)40(38-28)23-22-39(26-31-14-8-4-9-15-31)27-32-16-10-5-11-17-32;/h3-21,28,35,38H,22-27H2,1-2H3;1H4. The molecule has 1 heterocycles. The van der Waals surface area contributed by atoms with Gasteiger partial charge in [-0.15, -0.1) is 0 Å². The molecule has 5 heteroatoms. The van der Waals surface area contributed by atoms with E-state index < -0.39 is 0 Å². The molecule has 42 heavy (non-hydrogen) atoms. The Balaban J connectivity index is 0.00000405. The van der Waals surface area contributed by atoms with Crippen LogP contribution in [0.3, 0.4) is 0 Å². The first kappa shape index (κ1) is 31.2. The summed E-state index contributed by atoms with van der Waals surface area (Å²) in [5.74, 6) is -0.210. The molecular formula is C37H44FN3O. The van der Waals surface area contributed by atoms with E-state index in [0.717, 1.165) is 44.6 Å². The number of hydrogen-bond donors (Lipinski definition) is 1. The summed E-state index contributed by atoms with van der Waals surface area (Å²) in [6.07, 6.45) is 1.41. The smallest absolute Gasteiger partial charge is 0.123 e. The molecule has 0 radical (unpaired) electrons. The third-order valence-corrected chi connectivity index (χ3v) is 7.79. The number of methoxy groups -OCH3 is 1. The average Bonchev–Trinajstić information content (AvgIpc) is 3.31. The normalized spacial score (nSPS) is 15.6. The van der Waals surface area contributed by atoms with E-state index in [1.807, 2.05) is 18.2 Å². The van der Waals surface area contributed by atoms with Gasteiger partial charge in [0, 0.05) is 45.8 Å². The molecule has 2 unspecified atom stereocenters. The van der Waals surface area contributed by atoms with Crippen LogP contribution in [0, 0.1) is 5.82 Å². The van der Waals surface area contributed by atoms with E-state index in [1.54, 1.807) is 19.2 Å². The molecule has 2 atom stereocenters. The molecule has 0 saturated heterocycles. The Labute approximate surface area is 251 Å². The van der Waals surface area contributed by atoms with Crippen molar-refractivity contribution in [2.24, 2.45) is 0 Å². The minimum atomic E-state index is -0.210. The number of hydrogen-bond acceptors (Lipinski definition) is 4. The van der Waals surface area contributed by atoms with E-state index in [9.17, 15) is 4.39 Å². The maximum Gasteiger partial charge on any atom is 0.123 e. The van der Waals surface area contributed by atoms with Crippen LogP contribution in [0.15, 0.2) is 127 Å². The molecule has 0 spiro atoms. The predicted molar refractivity (Wildman–Crippen MR) is 171 cm³/mol. The first-order valence-electron chi connectivity index (χ1n) is 14.5. The topological polar surface area (TPSA) is 27.7 Å². The number of hydrazine groups is 1. The fourth-order valence-electron chi connectivity index (χ4n) is 5.67. The summed E-state index contributed by atoms with van der Waals surface area (Å²) in [7, 11) is 1.80. The second-order valence-corrected chi connectivity index (χ2v) is 10.8. The van der Waals surface area contributed by atoms with Crippen LogP contribution in [0.1, 0.15) is 36.6 Å². The molecule has 0 bridgehead atoms. The third-order valence-electron chi connectivity index (χ3n) is 7.79. The van der Waals surface area contributed by atoms with Crippen molar-refractivity contribution in [2.75, 3.05) is 20.2 Å². The highest BCUT2D eigenvalue weighted by Gasteiger charge is 2.33. The summed E-state index contributed by atoms with van der Waals surface area (Å²) >= 11 is 0. The van der Waals surface area contributed by atoms with Gasteiger partial charge in [-0.25, -0.2) is 9.82 Å². The van der Waals surface area contributed by atoms with Gasteiger partial charge in [0.15, 0.2) is 0 Å². The summed E-state index contributed by atoms with van der Waals surface area (Å²) in [5.41, 5.74) is 11.2. The van der Waals surface area contributed by atoms with Crippen LogP contribution in [0.4, 0.5) is 4.39 Å². The Morgan fingerprint density at radius 2 is 1.29 bits per heavy atom. The van der Waals surface area contributed by atoms with Gasteiger partial charge in [-0.1, -0.05) is 111 Å². The van der Waals surface area contributed by atoms with Crippen LogP contribution in [-0.2, 0) is 30.7 Å². The van der Waals surface area contributed by atoms with E-state index in [0.29, 0.717) is 0 Å². The van der Waals surface area contributed by atoms with Crippen LogP contribution in [0.5, 0.6) is 0 Å². The number of halogens is 1. The van der Waals surface area contributed by atoms with Gasteiger partial charge < -0.3 is 9.75 Å². The second-order valence-electron chi connectivity index (χ2n) is 10.8. The highest BCUT2D eigenvalue weighted by Crippen LogP contribution is 2.30. The zero-order valence-corrected chi connectivity index (χ0v) is 24.0. The minimum absolute atomic E-state index is 0. The van der Waals surface area contributed by atoms with Crippen molar-refractivity contribution >= 4 is 0 Å². The zero-order chi connectivity index (χ0) is 28.4. The lowest BCUT2D eigenvalue weighted by molar-refractivity contribution is 0.0877. The van der Waals surface area contributed by atoms with Gasteiger partial charge in [-0.3, -0.25) is 4.90 Å². The highest BCUT2D eigenvalue weighted by atomic mass is 19.1. The maximum absolute atomic E-state index is 13.7. The number of rotatable bonds is 13. The lowest BCUT2D eigenvalue weighted by atomic mass is 9.95. The first-order valence-corrected chi connectivity index (χ1v) is 14.5. The summed E-state index contributed by atoms with van der Waals surface area (Å²) in [5, 5.41) is 2.31. The van der Waals surface area contributed by atoms with Gasteiger partial charge in [-0.2, -0.15) is 0 Å². The third kappa shape index (κ3) is 8.39. The molecule has 1 N–H and O–H groups in total. The van der Waals surface area contributed by atoms with E-state index >= 15 is 0 Å². The van der Waals surface area contributed by atoms with Crippen molar-refractivity contribution in [3.8, 4) is 0 Å². The lowest BCUT2D eigenvalue weighted by Crippen LogP contribution is -2.43. The Morgan fingerprint density at radius 3 is 1.81 bits per heavy atom. The predicted octanol–water partition coefficient (Wildman–Crippen LogP) is 7.43. The molecule has 4 aromatic carbocycles. The molecule has 0 aliphatic carbocycles. The van der Waals surface area contributed by atoms with E-state index in [4.69, 9.17) is 4.74 Å². The van der Waals surface area contributed by atoms with Crippen LogP contribution in [-0.4, -0.2) is 42.3 Å². The number of nitrogens with zero attached hydrogens (tertiary/aromatic N) is 2. The molecule has 1 aliphatic rings. The SMILES string of the molecule is C.COC(Cc1ccccc1)C1=C(Cc2ccc(F)cc2)C(C)NN1CCN(Cc1ccccc1)Cc1ccccc1. The molecule has 0 aromatic heterocycles. The van der Waals surface area contributed by atoms with Crippen molar-refractivity contribution in [2.45, 2.75) is 52.4 Å². The fourth-order valence-corrected chi connectivity index (χ4v) is 5.67. The molecule has 5 rings (SSSR count). The lowest BCUT2D eigenvalue weighted by Gasteiger charge is -2.31. The van der Waals surface area contributed by atoms with E-state index in [1.165, 1.54) is 28.0 Å². The van der Waals surface area contributed by atoms with E-state index in [-0.39, 0.29) is 25.4 Å². The van der Waals surface area contributed by atoms with Crippen LogP contribution in [0.25, 0.3) is 0 Å². The molecule has 1 aliphatic heterocycles. The Kier molecular flexibility index (Phi) is 11.5. The summed E-state index contributed by atoms with van der Waals surface area (Å²) in [6.45, 7) is 5.63. The van der Waals surface area contributed by atoms with Gasteiger partial charge in [0.05, 0.1) is 5.70 Å². The van der Waals surface area contributed by atoms with Crippen molar-refractivity contribution in [3.05, 3.63) is 155 Å². The quantitative estimate of drug-likeness (QED) is 0.183. The van der Waals surface area contributed by atoms with Crippen molar-refractivity contribution < 1.29 is 9.13 Å². The van der Waals surface area contributed by atoms with Crippen molar-refractivity contribution in [3.63, 3.8) is 0 Å². The Hall–Kier alpha value is -3.77. The Bertz CT molecular complexity index is 1340. The molecule has 4 nitrogen and oxygen atoms in total. The zero-order valence-electron chi connectivity index (χ0n) is 24.0. The fraction of sp³-hybridized carbons (Fsp3) is 0.297. The Morgan fingerprint density at radius 1 is 0.762 bits per heavy atom. The second kappa shape index (κ2) is 15.5. The number of nitrogens with one attached hydrogen (secondary N) is 1. The van der Waals surface area contributed by atoms with Crippen LogP contribution >= 0.6 is 0 Å². The maximum atomic E-state index is 13.7. The summed E-state index contributed by atoms with van der Waals surface area (Å²) in [4.78, 5) is 2.51. The molecule has 220 valence electrons. The van der Waals surface area contributed by atoms with Crippen LogP contribution < -0.4 is 5.43 Å². The monoisotopic (exact) mass is 565 g/mol. The molecule has 0 saturated carbocycles. The largest absolute Gasteiger partial charge is 0.375 e. The average molecular weight is 566 g/mol. The van der Waals surface area contributed by atoms with Gasteiger partial charge in [0.1, 0.15) is 11.9 Å². The number of benzene rings is 4. The van der Waals surface area contributed by atoms with Crippen molar-refractivity contribution in [1.29, 1.82) is 0 Å². The molecule has 4 aromatic rings.